The van der Waals surface area contributed by atoms with E-state index in [4.69, 9.17) is 11.6 Å². The molecular formula is C17H13BrClN3O2. The number of nitrogens with zero attached hydrogens (tertiary/aromatic N) is 1. The van der Waals surface area contributed by atoms with Crippen LogP contribution >= 0.6 is 27.5 Å². The lowest BCUT2D eigenvalue weighted by atomic mass is 9.94. The Kier molecular flexibility index (Phi) is 3.83. The van der Waals surface area contributed by atoms with Crippen molar-refractivity contribution in [2.75, 3.05) is 6.54 Å². The van der Waals surface area contributed by atoms with Gasteiger partial charge in [0.1, 0.15) is 0 Å². The van der Waals surface area contributed by atoms with E-state index in [9.17, 15) is 10.1 Å². The van der Waals surface area contributed by atoms with Gasteiger partial charge in [-0.1, -0.05) is 27.5 Å². The fraction of sp³-hybridized carbons (Fsp3) is 0.176. The number of halogens is 2. The number of H-pyrrole nitrogens is 1. The first kappa shape index (κ1) is 15.6. The van der Waals surface area contributed by atoms with Gasteiger partial charge in [0.05, 0.1) is 11.0 Å². The van der Waals surface area contributed by atoms with Crippen LogP contribution < -0.4 is 5.32 Å². The molecule has 0 fully saturated rings. The summed E-state index contributed by atoms with van der Waals surface area (Å²) in [6.07, 6.45) is 0.898. The lowest BCUT2D eigenvalue weighted by Gasteiger charge is -2.25. The molecule has 0 radical (unpaired) electrons. The zero-order valence-corrected chi connectivity index (χ0v) is 14.8. The standard InChI is InChI=1S/C17H13BrClN3O2/c18-9-1-4-15-12(7-9)11-5-6-20-16(17(11)21-15)13-8-10(22(23)24)2-3-14(13)19/h1-4,7-8,16,20-21H,5-6H2. The summed E-state index contributed by atoms with van der Waals surface area (Å²) in [5.74, 6) is 0. The van der Waals surface area contributed by atoms with Gasteiger partial charge in [-0.3, -0.25) is 10.1 Å². The number of benzene rings is 2. The quantitative estimate of drug-likeness (QED) is 0.477. The fourth-order valence-corrected chi connectivity index (χ4v) is 3.92. The third kappa shape index (κ3) is 2.51. The molecular weight excluding hydrogens is 394 g/mol. The SMILES string of the molecule is O=[N+]([O-])c1ccc(Cl)c(C2NCCc3c2[nH]c2ccc(Br)cc32)c1. The number of aromatic amines is 1. The first-order chi connectivity index (χ1) is 11.5. The monoisotopic (exact) mass is 405 g/mol. The first-order valence-electron chi connectivity index (χ1n) is 7.52. The van der Waals surface area contributed by atoms with E-state index in [2.05, 4.69) is 32.3 Å². The number of rotatable bonds is 2. The average molecular weight is 407 g/mol. The normalized spacial score (nSPS) is 17.0. The summed E-state index contributed by atoms with van der Waals surface area (Å²) in [5, 5.41) is 16.2. The van der Waals surface area contributed by atoms with E-state index in [1.807, 2.05) is 12.1 Å². The minimum atomic E-state index is -0.397. The van der Waals surface area contributed by atoms with Crippen molar-refractivity contribution in [3.05, 3.63) is 72.8 Å². The minimum absolute atomic E-state index is 0.0437. The highest BCUT2D eigenvalue weighted by Gasteiger charge is 2.28. The van der Waals surface area contributed by atoms with Crippen molar-refractivity contribution >= 4 is 44.1 Å². The van der Waals surface area contributed by atoms with Crippen LogP contribution in [0, 0.1) is 10.1 Å². The van der Waals surface area contributed by atoms with Crippen LogP contribution in [-0.4, -0.2) is 16.5 Å². The molecule has 0 saturated carbocycles. The van der Waals surface area contributed by atoms with Crippen LogP contribution in [0.2, 0.25) is 5.02 Å². The van der Waals surface area contributed by atoms with Crippen molar-refractivity contribution in [1.82, 2.24) is 10.3 Å². The molecule has 0 amide bonds. The van der Waals surface area contributed by atoms with E-state index in [0.29, 0.717) is 5.02 Å². The molecule has 1 aromatic heterocycles. The lowest BCUT2D eigenvalue weighted by molar-refractivity contribution is -0.384. The van der Waals surface area contributed by atoms with E-state index >= 15 is 0 Å². The Hall–Kier alpha value is -1.89. The van der Waals surface area contributed by atoms with Gasteiger partial charge in [0.2, 0.25) is 0 Å². The van der Waals surface area contributed by atoms with E-state index < -0.39 is 4.92 Å². The molecule has 2 heterocycles. The number of non-ortho nitro benzene ring substituents is 1. The topological polar surface area (TPSA) is 71.0 Å². The molecule has 122 valence electrons. The largest absolute Gasteiger partial charge is 0.357 e. The van der Waals surface area contributed by atoms with Crippen molar-refractivity contribution in [3.63, 3.8) is 0 Å². The maximum Gasteiger partial charge on any atom is 0.269 e. The summed E-state index contributed by atoms with van der Waals surface area (Å²) in [6.45, 7) is 0.788. The molecule has 0 bridgehead atoms. The molecule has 24 heavy (non-hydrogen) atoms. The second-order valence-corrected chi connectivity index (χ2v) is 7.13. The molecule has 1 atom stereocenters. The molecule has 0 spiro atoms. The Morgan fingerprint density at radius 2 is 2.08 bits per heavy atom. The highest BCUT2D eigenvalue weighted by atomic mass is 79.9. The Bertz CT molecular complexity index is 970. The third-order valence-electron chi connectivity index (χ3n) is 4.41. The van der Waals surface area contributed by atoms with Crippen molar-refractivity contribution in [2.24, 2.45) is 0 Å². The number of aromatic nitrogens is 1. The number of hydrogen-bond donors (Lipinski definition) is 2. The van der Waals surface area contributed by atoms with Crippen LogP contribution in [0.1, 0.15) is 22.9 Å². The highest BCUT2D eigenvalue weighted by Crippen LogP contribution is 2.37. The molecule has 1 aliphatic heterocycles. The van der Waals surface area contributed by atoms with Gasteiger partial charge in [0.15, 0.2) is 0 Å². The third-order valence-corrected chi connectivity index (χ3v) is 5.25. The van der Waals surface area contributed by atoms with Crippen LogP contribution in [-0.2, 0) is 6.42 Å². The number of fused-ring (bicyclic) bond motifs is 3. The predicted molar refractivity (Wildman–Crippen MR) is 97.7 cm³/mol. The molecule has 1 unspecified atom stereocenters. The van der Waals surface area contributed by atoms with Gasteiger partial charge in [-0.2, -0.15) is 0 Å². The Morgan fingerprint density at radius 3 is 2.88 bits per heavy atom. The molecule has 1 aliphatic rings. The first-order valence-corrected chi connectivity index (χ1v) is 8.69. The molecule has 2 N–H and O–H groups in total. The van der Waals surface area contributed by atoms with Crippen LogP contribution in [0.25, 0.3) is 10.9 Å². The van der Waals surface area contributed by atoms with E-state index in [0.717, 1.165) is 34.2 Å². The van der Waals surface area contributed by atoms with Crippen LogP contribution in [0.4, 0.5) is 5.69 Å². The molecule has 5 nitrogen and oxygen atoms in total. The van der Waals surface area contributed by atoms with Gasteiger partial charge in [0, 0.05) is 50.3 Å². The Labute approximate surface area is 151 Å². The van der Waals surface area contributed by atoms with Crippen LogP contribution in [0.15, 0.2) is 40.9 Å². The van der Waals surface area contributed by atoms with Crippen LogP contribution in [0.3, 0.4) is 0 Å². The second kappa shape index (κ2) is 5.88. The van der Waals surface area contributed by atoms with Gasteiger partial charge >= 0.3 is 0 Å². The zero-order valence-electron chi connectivity index (χ0n) is 12.5. The van der Waals surface area contributed by atoms with E-state index in [1.165, 1.54) is 17.0 Å². The highest BCUT2D eigenvalue weighted by molar-refractivity contribution is 9.10. The van der Waals surface area contributed by atoms with Crippen molar-refractivity contribution in [1.29, 1.82) is 0 Å². The minimum Gasteiger partial charge on any atom is -0.357 e. The molecule has 2 aromatic carbocycles. The van der Waals surface area contributed by atoms with Gasteiger partial charge in [-0.25, -0.2) is 0 Å². The zero-order chi connectivity index (χ0) is 16.8. The maximum absolute atomic E-state index is 11.1. The molecule has 0 saturated heterocycles. The number of nitro groups is 1. The summed E-state index contributed by atoms with van der Waals surface area (Å²) in [7, 11) is 0. The molecule has 3 aromatic rings. The van der Waals surface area contributed by atoms with E-state index in [1.54, 1.807) is 12.1 Å². The Balaban J connectivity index is 1.90. The number of nitro benzene ring substituents is 1. The molecule has 7 heteroatoms. The fourth-order valence-electron chi connectivity index (χ4n) is 3.33. The second-order valence-electron chi connectivity index (χ2n) is 5.81. The maximum atomic E-state index is 11.1. The van der Waals surface area contributed by atoms with Crippen molar-refractivity contribution < 1.29 is 4.92 Å². The van der Waals surface area contributed by atoms with E-state index in [-0.39, 0.29) is 11.7 Å². The summed E-state index contributed by atoms with van der Waals surface area (Å²) in [6, 6.07) is 10.5. The van der Waals surface area contributed by atoms with Gasteiger partial charge in [-0.05, 0) is 36.2 Å². The summed E-state index contributed by atoms with van der Waals surface area (Å²) >= 11 is 9.86. The van der Waals surface area contributed by atoms with Gasteiger partial charge < -0.3 is 10.3 Å². The predicted octanol–water partition coefficient (Wildman–Crippen LogP) is 4.73. The van der Waals surface area contributed by atoms with Gasteiger partial charge in [-0.15, -0.1) is 0 Å². The van der Waals surface area contributed by atoms with Crippen molar-refractivity contribution in [3.8, 4) is 0 Å². The summed E-state index contributed by atoms with van der Waals surface area (Å²) < 4.78 is 1.03. The summed E-state index contributed by atoms with van der Waals surface area (Å²) in [5.41, 5.74) is 4.08. The van der Waals surface area contributed by atoms with Crippen LogP contribution in [0.5, 0.6) is 0 Å². The molecule has 0 aliphatic carbocycles. The van der Waals surface area contributed by atoms with Gasteiger partial charge in [0.25, 0.3) is 5.69 Å². The summed E-state index contributed by atoms with van der Waals surface area (Å²) in [4.78, 5) is 14.2. The Morgan fingerprint density at radius 1 is 1.25 bits per heavy atom. The number of nitrogens with one attached hydrogen (secondary N) is 2. The average Bonchev–Trinajstić information content (AvgIpc) is 2.93. The lowest BCUT2D eigenvalue weighted by Crippen LogP contribution is -2.30. The molecule has 4 rings (SSSR count). The number of hydrogen-bond acceptors (Lipinski definition) is 3. The van der Waals surface area contributed by atoms with Crippen molar-refractivity contribution in [2.45, 2.75) is 12.5 Å². The smallest absolute Gasteiger partial charge is 0.269 e.